The zero-order valence-electron chi connectivity index (χ0n) is 31.3. The molecule has 0 spiro atoms. The first-order valence-corrected chi connectivity index (χ1v) is 18.2. The summed E-state index contributed by atoms with van der Waals surface area (Å²) in [6, 6.07) is 7.25. The van der Waals surface area contributed by atoms with Crippen molar-refractivity contribution >= 4 is 11.0 Å². The molecule has 14 atom stereocenters. The fraction of sp³-hybridized carbons (Fsp3) is 0.553. The largest absolute Gasteiger partial charge is 0.507 e. The van der Waals surface area contributed by atoms with E-state index in [0.29, 0.717) is 5.75 Å². The lowest BCUT2D eigenvalue weighted by Crippen LogP contribution is -2.62. The van der Waals surface area contributed by atoms with Gasteiger partial charge in [-0.3, -0.25) is 4.79 Å². The van der Waals surface area contributed by atoms with Gasteiger partial charge in [-0.1, -0.05) is 11.6 Å². The Bertz CT molecular complexity index is 1940. The van der Waals surface area contributed by atoms with Gasteiger partial charge in [0.1, 0.15) is 83.2 Å². The van der Waals surface area contributed by atoms with Crippen molar-refractivity contribution in [3.63, 3.8) is 0 Å². The molecule has 3 fully saturated rings. The molecule has 0 amide bonds. The predicted molar refractivity (Wildman–Crippen MR) is 193 cm³/mol. The summed E-state index contributed by atoms with van der Waals surface area (Å²) in [5.74, 6) is -1.21. The summed E-state index contributed by atoms with van der Waals surface area (Å²) in [6.45, 7) is 3.78. The molecule has 314 valence electrons. The fourth-order valence-electron chi connectivity index (χ4n) is 6.70. The number of allylic oxidation sites excluding steroid dienone is 2. The molecule has 0 saturated carbocycles. The van der Waals surface area contributed by atoms with Crippen LogP contribution in [-0.4, -0.2) is 157 Å². The van der Waals surface area contributed by atoms with Crippen molar-refractivity contribution < 1.29 is 88.6 Å². The Labute approximate surface area is 325 Å². The zero-order valence-corrected chi connectivity index (χ0v) is 31.3. The maximum atomic E-state index is 14.6. The summed E-state index contributed by atoms with van der Waals surface area (Å²) in [5.41, 5.74) is 0.0668. The van der Waals surface area contributed by atoms with Gasteiger partial charge in [0.25, 0.3) is 0 Å². The van der Waals surface area contributed by atoms with Crippen LogP contribution in [0.1, 0.15) is 26.3 Å². The third-order valence-electron chi connectivity index (χ3n) is 10.1. The summed E-state index contributed by atoms with van der Waals surface area (Å²) in [6.07, 6.45) is -20.9. The zero-order chi connectivity index (χ0) is 41.5. The van der Waals surface area contributed by atoms with Crippen LogP contribution in [0.2, 0.25) is 0 Å². The number of fused-ring (bicyclic) bond motifs is 1. The van der Waals surface area contributed by atoms with E-state index in [-0.39, 0.29) is 34.6 Å². The topological polar surface area (TPSA) is 297 Å². The van der Waals surface area contributed by atoms with E-state index in [0.717, 1.165) is 11.6 Å². The van der Waals surface area contributed by atoms with Crippen molar-refractivity contribution in [3.05, 3.63) is 57.8 Å². The van der Waals surface area contributed by atoms with Crippen LogP contribution in [0.25, 0.3) is 22.3 Å². The number of aromatic hydroxyl groups is 1. The minimum Gasteiger partial charge on any atom is -0.507 e. The van der Waals surface area contributed by atoms with Crippen molar-refractivity contribution in [2.75, 3.05) is 20.3 Å². The molecule has 14 unspecified atom stereocenters. The summed E-state index contributed by atoms with van der Waals surface area (Å²) in [4.78, 5) is 14.6. The summed E-state index contributed by atoms with van der Waals surface area (Å²) in [7, 11) is 1.45. The van der Waals surface area contributed by atoms with Gasteiger partial charge in [0, 0.05) is 17.2 Å². The van der Waals surface area contributed by atoms with E-state index < -0.39 is 122 Å². The number of phenols is 1. The van der Waals surface area contributed by atoms with Gasteiger partial charge in [-0.05, 0) is 51.5 Å². The van der Waals surface area contributed by atoms with Crippen molar-refractivity contribution in [1.29, 1.82) is 0 Å². The van der Waals surface area contributed by atoms with E-state index in [1.165, 1.54) is 26.2 Å². The van der Waals surface area contributed by atoms with Gasteiger partial charge < -0.3 is 88.6 Å². The van der Waals surface area contributed by atoms with Crippen LogP contribution in [0.4, 0.5) is 0 Å². The number of aliphatic hydroxyl groups excluding tert-OH is 9. The Morgan fingerprint density at radius 2 is 1.51 bits per heavy atom. The standard InChI is InChI=1S/C38H48O19/c1-14(2)5-10-18-21(53-37-31(49)29(47)26(44)22(12-39)54-37)11-19(40)23-27(45)34(32(55-33(18)23)16-6-8-17(50-4)9-7-16)56-38-35(25(43)20(41)13-51-38)57-36-30(48)28(46)24(42)15(3)52-36/h5-9,11,15,20,22,24-26,28-31,35-44,46-49H,10,12-13H2,1-4H3. The fourth-order valence-corrected chi connectivity index (χ4v) is 6.70. The highest BCUT2D eigenvalue weighted by molar-refractivity contribution is 5.91. The molecule has 19 heteroatoms. The molecular weight excluding hydrogens is 760 g/mol. The molecule has 6 rings (SSSR count). The second kappa shape index (κ2) is 17.5. The first-order valence-electron chi connectivity index (χ1n) is 18.2. The summed E-state index contributed by atoms with van der Waals surface area (Å²) >= 11 is 0. The number of aliphatic hydroxyl groups is 9. The van der Waals surface area contributed by atoms with Gasteiger partial charge in [-0.15, -0.1) is 0 Å². The molecular formula is C38H48O19. The Hall–Kier alpha value is -3.93. The summed E-state index contributed by atoms with van der Waals surface area (Å²) in [5, 5.41) is 105. The molecule has 0 aliphatic carbocycles. The minimum absolute atomic E-state index is 0.0193. The van der Waals surface area contributed by atoms with Crippen LogP contribution < -0.4 is 19.6 Å². The van der Waals surface area contributed by atoms with Crippen LogP contribution in [0, 0.1) is 0 Å². The molecule has 3 saturated heterocycles. The number of benzene rings is 2. The summed E-state index contributed by atoms with van der Waals surface area (Å²) < 4.78 is 46.4. The highest BCUT2D eigenvalue weighted by Gasteiger charge is 2.49. The normalized spacial score (nSPS) is 34.5. The molecule has 19 nitrogen and oxygen atoms in total. The van der Waals surface area contributed by atoms with Gasteiger partial charge in [-0.25, -0.2) is 0 Å². The third-order valence-corrected chi connectivity index (χ3v) is 10.1. The second-order valence-electron chi connectivity index (χ2n) is 14.4. The molecule has 3 aliphatic rings. The Kier molecular flexibility index (Phi) is 13.1. The maximum Gasteiger partial charge on any atom is 0.239 e. The number of methoxy groups -OCH3 is 1. The quantitative estimate of drug-likeness (QED) is 0.0990. The number of rotatable bonds is 11. The predicted octanol–water partition coefficient (Wildman–Crippen LogP) is -1.47. The smallest absolute Gasteiger partial charge is 0.239 e. The van der Waals surface area contributed by atoms with Gasteiger partial charge in [0.15, 0.2) is 18.2 Å². The Morgan fingerprint density at radius 3 is 2.16 bits per heavy atom. The molecule has 1 aromatic heterocycles. The van der Waals surface area contributed by atoms with Gasteiger partial charge >= 0.3 is 0 Å². The molecule has 57 heavy (non-hydrogen) atoms. The van der Waals surface area contributed by atoms with Crippen molar-refractivity contribution in [2.24, 2.45) is 0 Å². The molecule has 3 aromatic rings. The first-order chi connectivity index (χ1) is 27.1. The van der Waals surface area contributed by atoms with Crippen LogP contribution >= 0.6 is 0 Å². The second-order valence-corrected chi connectivity index (χ2v) is 14.4. The van der Waals surface area contributed by atoms with Crippen molar-refractivity contribution in [1.82, 2.24) is 0 Å². The number of hydrogen-bond donors (Lipinski definition) is 10. The lowest BCUT2D eigenvalue weighted by Gasteiger charge is -2.43. The molecule has 0 radical (unpaired) electrons. The number of phenolic OH excluding ortho intramolecular Hbond substituents is 1. The SMILES string of the molecule is COc1ccc(-c2oc3c(CC=C(C)C)c(OC4OC(CO)C(O)C(O)C4O)cc(O)c3c(=O)c2OC2OCC(O)C(O)C2OC2OC(C)C(O)C(O)C2O)cc1. The number of ether oxygens (including phenoxy) is 7. The van der Waals surface area contributed by atoms with E-state index in [9.17, 15) is 55.9 Å². The van der Waals surface area contributed by atoms with Gasteiger partial charge in [0.05, 0.1) is 26.4 Å². The highest BCUT2D eigenvalue weighted by atomic mass is 16.8. The lowest BCUT2D eigenvalue weighted by molar-refractivity contribution is -0.344. The van der Waals surface area contributed by atoms with Crippen LogP contribution in [0.15, 0.2) is 51.2 Å². The molecule has 3 aliphatic heterocycles. The number of hydrogen-bond acceptors (Lipinski definition) is 19. The van der Waals surface area contributed by atoms with E-state index in [4.69, 9.17) is 37.6 Å². The lowest BCUT2D eigenvalue weighted by atomic mass is 9.99. The van der Waals surface area contributed by atoms with E-state index in [1.54, 1.807) is 32.1 Å². The molecule has 10 N–H and O–H groups in total. The average Bonchev–Trinajstić information content (AvgIpc) is 3.19. The van der Waals surface area contributed by atoms with E-state index in [2.05, 4.69) is 0 Å². The van der Waals surface area contributed by atoms with Crippen LogP contribution in [-0.2, 0) is 25.4 Å². The Balaban J connectivity index is 1.49. The van der Waals surface area contributed by atoms with Crippen molar-refractivity contribution in [2.45, 2.75) is 113 Å². The van der Waals surface area contributed by atoms with Crippen LogP contribution in [0.3, 0.4) is 0 Å². The molecule has 4 heterocycles. The third kappa shape index (κ3) is 8.48. The molecule has 2 aromatic carbocycles. The van der Waals surface area contributed by atoms with Crippen molar-refractivity contribution in [3.8, 4) is 34.3 Å². The Morgan fingerprint density at radius 1 is 0.842 bits per heavy atom. The van der Waals surface area contributed by atoms with E-state index in [1.807, 2.05) is 0 Å². The van der Waals surface area contributed by atoms with Crippen LogP contribution in [0.5, 0.6) is 23.0 Å². The maximum absolute atomic E-state index is 14.6. The minimum atomic E-state index is -1.82. The van der Waals surface area contributed by atoms with Gasteiger partial charge in [-0.2, -0.15) is 0 Å². The monoisotopic (exact) mass is 808 g/mol. The van der Waals surface area contributed by atoms with E-state index >= 15 is 0 Å². The first kappa shape index (κ1) is 42.7. The average molecular weight is 809 g/mol. The van der Waals surface area contributed by atoms with Gasteiger partial charge in [0.2, 0.25) is 23.8 Å². The molecule has 0 bridgehead atoms. The highest BCUT2D eigenvalue weighted by Crippen LogP contribution is 2.42.